The van der Waals surface area contributed by atoms with Gasteiger partial charge in [0.1, 0.15) is 12.0 Å². The number of hydrogen-bond donors (Lipinski definition) is 1. The van der Waals surface area contributed by atoms with Gasteiger partial charge in [-0.1, -0.05) is 60.7 Å². The second-order valence-electron chi connectivity index (χ2n) is 5.40. The third-order valence-electron chi connectivity index (χ3n) is 3.62. The Bertz CT molecular complexity index is 931. The molecule has 0 spiro atoms. The van der Waals surface area contributed by atoms with Crippen LogP contribution in [0.25, 0.3) is 11.0 Å². The first-order chi connectivity index (χ1) is 12.6. The normalized spacial score (nSPS) is 11.3. The second kappa shape index (κ2) is 8.26. The van der Waals surface area contributed by atoms with E-state index in [4.69, 9.17) is 5.73 Å². The van der Waals surface area contributed by atoms with Crippen molar-refractivity contribution in [1.82, 2.24) is 9.97 Å². The van der Waals surface area contributed by atoms with Crippen LogP contribution in [-0.4, -0.2) is 14.9 Å². The summed E-state index contributed by atoms with van der Waals surface area (Å²) in [4.78, 5) is 19.5. The smallest absolute Gasteiger partial charge is 0.336 e. The summed E-state index contributed by atoms with van der Waals surface area (Å²) in [6.45, 7) is 0. The van der Waals surface area contributed by atoms with Crippen molar-refractivity contribution in [2.45, 2.75) is 5.75 Å². The van der Waals surface area contributed by atoms with Gasteiger partial charge in [0, 0.05) is 10.7 Å². The van der Waals surface area contributed by atoms with Crippen LogP contribution in [-0.2, 0) is 5.75 Å². The van der Waals surface area contributed by atoms with Crippen LogP contribution in [0.4, 0.5) is 11.5 Å². The SMILES string of the molecule is Nc1ncnc(/C=C(\SCc2ccccc2)c2ccccc2)c1[N+](=O)[O-]. The van der Waals surface area contributed by atoms with Gasteiger partial charge in [-0.2, -0.15) is 0 Å². The first-order valence-electron chi connectivity index (χ1n) is 7.84. The summed E-state index contributed by atoms with van der Waals surface area (Å²) in [5.74, 6) is 0.590. The first kappa shape index (κ1) is 17.6. The van der Waals surface area contributed by atoms with E-state index >= 15 is 0 Å². The monoisotopic (exact) mass is 364 g/mol. The predicted molar refractivity (Wildman–Crippen MR) is 105 cm³/mol. The maximum Gasteiger partial charge on any atom is 0.336 e. The molecule has 3 rings (SSSR count). The molecule has 0 aliphatic carbocycles. The maximum atomic E-state index is 11.3. The van der Waals surface area contributed by atoms with E-state index in [-0.39, 0.29) is 17.2 Å². The second-order valence-corrected chi connectivity index (χ2v) is 6.42. The maximum absolute atomic E-state index is 11.3. The summed E-state index contributed by atoms with van der Waals surface area (Å²) in [6.07, 6.45) is 2.93. The lowest BCUT2D eigenvalue weighted by atomic mass is 10.2. The number of aromatic nitrogens is 2. The third-order valence-corrected chi connectivity index (χ3v) is 4.77. The Morgan fingerprint density at radius 3 is 2.38 bits per heavy atom. The van der Waals surface area contributed by atoms with Crippen molar-refractivity contribution in [2.24, 2.45) is 0 Å². The number of benzene rings is 2. The minimum Gasteiger partial charge on any atom is -0.378 e. The molecule has 2 N–H and O–H groups in total. The van der Waals surface area contributed by atoms with Gasteiger partial charge in [0.05, 0.1) is 4.92 Å². The lowest BCUT2D eigenvalue weighted by Gasteiger charge is -2.08. The molecular weight excluding hydrogens is 348 g/mol. The van der Waals surface area contributed by atoms with Crippen LogP contribution in [0.5, 0.6) is 0 Å². The van der Waals surface area contributed by atoms with Crippen LogP contribution in [0.2, 0.25) is 0 Å². The Morgan fingerprint density at radius 1 is 1.08 bits per heavy atom. The van der Waals surface area contributed by atoms with Crippen molar-refractivity contribution in [2.75, 3.05) is 5.73 Å². The highest BCUT2D eigenvalue weighted by molar-refractivity contribution is 8.07. The summed E-state index contributed by atoms with van der Waals surface area (Å²) in [5, 5.41) is 11.3. The highest BCUT2D eigenvalue weighted by Crippen LogP contribution is 2.34. The molecule has 0 radical (unpaired) electrons. The Morgan fingerprint density at radius 2 is 1.73 bits per heavy atom. The summed E-state index contributed by atoms with van der Waals surface area (Å²) in [7, 11) is 0. The Labute approximate surface area is 155 Å². The fourth-order valence-electron chi connectivity index (χ4n) is 2.37. The van der Waals surface area contributed by atoms with E-state index in [0.717, 1.165) is 21.8 Å². The molecule has 2 aromatic carbocycles. The topological polar surface area (TPSA) is 94.9 Å². The van der Waals surface area contributed by atoms with Gasteiger partial charge < -0.3 is 5.73 Å². The lowest BCUT2D eigenvalue weighted by molar-refractivity contribution is -0.384. The Kier molecular flexibility index (Phi) is 5.60. The number of nitro groups is 1. The number of nitrogen functional groups attached to an aromatic ring is 1. The summed E-state index contributed by atoms with van der Waals surface area (Å²) < 4.78 is 0. The molecule has 0 fully saturated rings. The van der Waals surface area contributed by atoms with Gasteiger partial charge >= 0.3 is 5.69 Å². The zero-order chi connectivity index (χ0) is 18.4. The molecule has 3 aromatic rings. The molecule has 0 saturated carbocycles. The molecule has 130 valence electrons. The predicted octanol–water partition coefficient (Wildman–Crippen LogP) is 4.40. The molecule has 1 aromatic heterocycles. The number of nitrogens with two attached hydrogens (primary N) is 1. The van der Waals surface area contributed by atoms with Gasteiger partial charge in [-0.05, 0) is 17.2 Å². The van der Waals surface area contributed by atoms with Crippen LogP contribution >= 0.6 is 11.8 Å². The standard InChI is InChI=1S/C19H16N4O2S/c20-19-18(23(24)25)16(21-13-22-19)11-17(15-9-5-2-6-10-15)26-12-14-7-3-1-4-8-14/h1-11,13H,12H2,(H2,20,21,22)/b17-11-. The van der Waals surface area contributed by atoms with Crippen LogP contribution < -0.4 is 5.73 Å². The third kappa shape index (κ3) is 4.25. The minimum atomic E-state index is -0.550. The van der Waals surface area contributed by atoms with Crippen LogP contribution in [0, 0.1) is 10.1 Å². The number of anilines is 1. The molecule has 0 bridgehead atoms. The molecule has 0 atom stereocenters. The van der Waals surface area contributed by atoms with Crippen molar-refractivity contribution in [3.05, 3.63) is 93.9 Å². The molecule has 26 heavy (non-hydrogen) atoms. The quantitative estimate of drug-likeness (QED) is 0.514. The van der Waals surface area contributed by atoms with E-state index < -0.39 is 4.92 Å². The average Bonchev–Trinajstić information content (AvgIpc) is 2.66. The Hall–Kier alpha value is -3.19. The van der Waals surface area contributed by atoms with Gasteiger partial charge in [0.25, 0.3) is 0 Å². The largest absolute Gasteiger partial charge is 0.378 e. The van der Waals surface area contributed by atoms with Gasteiger partial charge in [-0.15, -0.1) is 11.8 Å². The molecule has 0 saturated heterocycles. The number of thioether (sulfide) groups is 1. The van der Waals surface area contributed by atoms with Crippen molar-refractivity contribution >= 4 is 34.2 Å². The highest BCUT2D eigenvalue weighted by Gasteiger charge is 2.20. The highest BCUT2D eigenvalue weighted by atomic mass is 32.2. The number of nitrogens with zero attached hydrogens (tertiary/aromatic N) is 3. The number of hydrogen-bond acceptors (Lipinski definition) is 6. The van der Waals surface area contributed by atoms with Crippen LogP contribution in [0.3, 0.4) is 0 Å². The van der Waals surface area contributed by atoms with E-state index in [1.807, 2.05) is 60.7 Å². The molecule has 1 heterocycles. The van der Waals surface area contributed by atoms with Crippen LogP contribution in [0.1, 0.15) is 16.8 Å². The first-order valence-corrected chi connectivity index (χ1v) is 8.82. The molecule has 0 aliphatic heterocycles. The van der Waals surface area contributed by atoms with Crippen LogP contribution in [0.15, 0.2) is 67.0 Å². The molecule has 0 unspecified atom stereocenters. The van der Waals surface area contributed by atoms with Gasteiger partial charge in [0.15, 0.2) is 0 Å². The zero-order valence-electron chi connectivity index (χ0n) is 13.8. The Balaban J connectivity index is 2.00. The average molecular weight is 364 g/mol. The van der Waals surface area contributed by atoms with Crippen molar-refractivity contribution < 1.29 is 4.92 Å². The van der Waals surface area contributed by atoms with Crippen molar-refractivity contribution in [1.29, 1.82) is 0 Å². The lowest BCUT2D eigenvalue weighted by Crippen LogP contribution is -2.02. The van der Waals surface area contributed by atoms with E-state index in [1.165, 1.54) is 6.33 Å². The molecular formula is C19H16N4O2S. The molecule has 0 amide bonds. The molecule has 6 nitrogen and oxygen atoms in total. The summed E-state index contributed by atoms with van der Waals surface area (Å²) >= 11 is 1.59. The van der Waals surface area contributed by atoms with Gasteiger partial charge in [-0.25, -0.2) is 9.97 Å². The number of rotatable bonds is 6. The molecule has 7 heteroatoms. The van der Waals surface area contributed by atoms with E-state index in [1.54, 1.807) is 17.8 Å². The zero-order valence-corrected chi connectivity index (χ0v) is 14.6. The summed E-state index contributed by atoms with van der Waals surface area (Å²) in [6, 6.07) is 19.7. The van der Waals surface area contributed by atoms with E-state index in [2.05, 4.69) is 9.97 Å². The minimum absolute atomic E-state index is 0.142. The van der Waals surface area contributed by atoms with Crippen molar-refractivity contribution in [3.63, 3.8) is 0 Å². The van der Waals surface area contributed by atoms with E-state index in [9.17, 15) is 10.1 Å². The fraction of sp³-hybridized carbons (Fsp3) is 0.0526. The van der Waals surface area contributed by atoms with Crippen molar-refractivity contribution in [3.8, 4) is 0 Å². The molecule has 0 aliphatic rings. The summed E-state index contributed by atoms with van der Waals surface area (Å²) in [5.41, 5.74) is 7.71. The van der Waals surface area contributed by atoms with Gasteiger partial charge in [0.2, 0.25) is 5.82 Å². The fourth-order valence-corrected chi connectivity index (χ4v) is 3.38. The van der Waals surface area contributed by atoms with Gasteiger partial charge in [-0.3, -0.25) is 10.1 Å². The van der Waals surface area contributed by atoms with E-state index in [0.29, 0.717) is 0 Å².